The van der Waals surface area contributed by atoms with Gasteiger partial charge in [-0.3, -0.25) is 0 Å². The number of piperidine rings is 1. The Morgan fingerprint density at radius 1 is 1.33 bits per heavy atom. The summed E-state index contributed by atoms with van der Waals surface area (Å²) in [6, 6.07) is 7.28. The number of benzene rings is 1. The highest BCUT2D eigenvalue weighted by molar-refractivity contribution is 9.10. The van der Waals surface area contributed by atoms with Crippen molar-refractivity contribution >= 4 is 33.2 Å². The van der Waals surface area contributed by atoms with Crippen LogP contribution in [0, 0.1) is 0 Å². The number of anilines is 1. The van der Waals surface area contributed by atoms with Gasteiger partial charge in [0, 0.05) is 35.3 Å². The van der Waals surface area contributed by atoms with E-state index in [1.165, 1.54) is 25.9 Å². The highest BCUT2D eigenvalue weighted by Crippen LogP contribution is 2.27. The minimum Gasteiger partial charge on any atom is -0.382 e. The van der Waals surface area contributed by atoms with Gasteiger partial charge in [-0.1, -0.05) is 11.6 Å². The molecule has 1 saturated heterocycles. The molecule has 0 aromatic heterocycles. The number of halogens is 2. The molecule has 4 heteroatoms. The number of hydrogen-bond donors (Lipinski definition) is 1. The van der Waals surface area contributed by atoms with E-state index in [1.807, 2.05) is 12.1 Å². The Hall–Kier alpha value is -0.250. The molecule has 1 heterocycles. The van der Waals surface area contributed by atoms with Crippen molar-refractivity contribution in [3.63, 3.8) is 0 Å². The summed E-state index contributed by atoms with van der Waals surface area (Å²) >= 11 is 9.51. The largest absolute Gasteiger partial charge is 0.382 e. The van der Waals surface area contributed by atoms with E-state index in [0.717, 1.165) is 15.2 Å². The quantitative estimate of drug-likeness (QED) is 0.884. The van der Waals surface area contributed by atoms with Crippen molar-refractivity contribution in [2.75, 3.05) is 18.4 Å². The van der Waals surface area contributed by atoms with Gasteiger partial charge in [0.25, 0.3) is 0 Å². The molecule has 0 amide bonds. The number of hydrogen-bond acceptors (Lipinski definition) is 2. The van der Waals surface area contributed by atoms with Gasteiger partial charge in [-0.05, 0) is 60.8 Å². The first-order chi connectivity index (χ1) is 8.56. The monoisotopic (exact) mass is 330 g/mol. The molecule has 2 rings (SSSR count). The van der Waals surface area contributed by atoms with Crippen molar-refractivity contribution in [2.45, 2.75) is 38.8 Å². The van der Waals surface area contributed by atoms with Gasteiger partial charge in [0.2, 0.25) is 0 Å². The third-order valence-corrected chi connectivity index (χ3v) is 4.78. The lowest BCUT2D eigenvalue weighted by molar-refractivity contribution is 0.177. The summed E-state index contributed by atoms with van der Waals surface area (Å²) < 4.78 is 0.948. The van der Waals surface area contributed by atoms with Gasteiger partial charge in [-0.2, -0.15) is 0 Å². The van der Waals surface area contributed by atoms with Crippen molar-refractivity contribution in [1.29, 1.82) is 0 Å². The fraction of sp³-hybridized carbons (Fsp3) is 0.571. The van der Waals surface area contributed by atoms with Crippen LogP contribution in [0.5, 0.6) is 0 Å². The second-order valence-corrected chi connectivity index (χ2v) is 6.44. The van der Waals surface area contributed by atoms with E-state index in [1.54, 1.807) is 0 Å². The number of nitrogens with one attached hydrogen (secondary N) is 1. The first-order valence-electron chi connectivity index (χ1n) is 6.52. The minimum absolute atomic E-state index is 0.567. The third kappa shape index (κ3) is 3.62. The molecule has 1 aliphatic rings. The van der Waals surface area contributed by atoms with Crippen molar-refractivity contribution in [1.82, 2.24) is 4.90 Å². The number of nitrogens with zero attached hydrogens (tertiary/aromatic N) is 1. The molecule has 0 radical (unpaired) electrons. The van der Waals surface area contributed by atoms with E-state index < -0.39 is 0 Å². The molecule has 0 bridgehead atoms. The summed E-state index contributed by atoms with van der Waals surface area (Å²) in [6.45, 7) is 6.89. The van der Waals surface area contributed by atoms with Gasteiger partial charge in [0.1, 0.15) is 0 Å². The maximum Gasteiger partial charge on any atom is 0.0568 e. The maximum atomic E-state index is 6.10. The van der Waals surface area contributed by atoms with Crippen LogP contribution < -0.4 is 5.32 Å². The first-order valence-corrected chi connectivity index (χ1v) is 7.69. The smallest absolute Gasteiger partial charge is 0.0568 e. The SMILES string of the molecule is CC(C)N1CCC(Nc2ccc(Br)c(Cl)c2)CC1. The molecule has 0 saturated carbocycles. The zero-order chi connectivity index (χ0) is 13.1. The van der Waals surface area contributed by atoms with Gasteiger partial charge in [0.05, 0.1) is 5.02 Å². The fourth-order valence-electron chi connectivity index (χ4n) is 2.38. The standard InChI is InChI=1S/C14H20BrClN2/c1-10(2)18-7-5-11(6-8-18)17-12-3-4-13(15)14(16)9-12/h3-4,9-11,17H,5-8H2,1-2H3. The Morgan fingerprint density at radius 2 is 2.00 bits per heavy atom. The van der Waals surface area contributed by atoms with Crippen LogP contribution in [0.1, 0.15) is 26.7 Å². The van der Waals surface area contributed by atoms with Crippen molar-refractivity contribution in [3.05, 3.63) is 27.7 Å². The summed E-state index contributed by atoms with van der Waals surface area (Å²) in [5.74, 6) is 0. The Kier molecular flexibility index (Phi) is 4.93. The molecule has 1 fully saturated rings. The van der Waals surface area contributed by atoms with E-state index in [-0.39, 0.29) is 0 Å². The summed E-state index contributed by atoms with van der Waals surface area (Å²) in [6.07, 6.45) is 2.40. The summed E-state index contributed by atoms with van der Waals surface area (Å²) in [5.41, 5.74) is 1.12. The lowest BCUT2D eigenvalue weighted by Crippen LogP contribution is -2.42. The van der Waals surface area contributed by atoms with E-state index in [2.05, 4.69) is 46.1 Å². The molecule has 1 N–H and O–H groups in total. The maximum absolute atomic E-state index is 6.10. The third-order valence-electron chi connectivity index (χ3n) is 3.55. The normalized spacial score (nSPS) is 18.3. The van der Waals surface area contributed by atoms with Crippen molar-refractivity contribution in [2.24, 2.45) is 0 Å². The van der Waals surface area contributed by atoms with E-state index in [4.69, 9.17) is 11.6 Å². The molecule has 0 spiro atoms. The second kappa shape index (κ2) is 6.27. The highest BCUT2D eigenvalue weighted by Gasteiger charge is 2.20. The van der Waals surface area contributed by atoms with E-state index in [9.17, 15) is 0 Å². The molecular weight excluding hydrogens is 312 g/mol. The average molecular weight is 332 g/mol. The second-order valence-electron chi connectivity index (χ2n) is 5.18. The zero-order valence-corrected chi connectivity index (χ0v) is 13.3. The van der Waals surface area contributed by atoms with Gasteiger partial charge < -0.3 is 10.2 Å². The molecule has 100 valence electrons. The van der Waals surface area contributed by atoms with Crippen LogP contribution in [-0.2, 0) is 0 Å². The molecule has 1 aliphatic heterocycles. The summed E-state index contributed by atoms with van der Waals surface area (Å²) in [4.78, 5) is 2.53. The highest BCUT2D eigenvalue weighted by atomic mass is 79.9. The van der Waals surface area contributed by atoms with Crippen LogP contribution in [0.15, 0.2) is 22.7 Å². The van der Waals surface area contributed by atoms with Crippen molar-refractivity contribution in [3.8, 4) is 0 Å². The predicted octanol–water partition coefficient (Wildman–Crippen LogP) is 4.39. The Labute approximate surface area is 123 Å². The molecular formula is C14H20BrClN2. The Balaban J connectivity index is 1.89. The Bertz CT molecular complexity index is 401. The van der Waals surface area contributed by atoms with Crippen LogP contribution in [-0.4, -0.2) is 30.1 Å². The van der Waals surface area contributed by atoms with E-state index in [0.29, 0.717) is 12.1 Å². The molecule has 1 aromatic rings. The lowest BCUT2D eigenvalue weighted by Gasteiger charge is -2.35. The van der Waals surface area contributed by atoms with E-state index >= 15 is 0 Å². The van der Waals surface area contributed by atoms with Gasteiger partial charge in [-0.25, -0.2) is 0 Å². The Morgan fingerprint density at radius 3 is 2.56 bits per heavy atom. The van der Waals surface area contributed by atoms with Crippen LogP contribution in [0.2, 0.25) is 5.02 Å². The number of likely N-dealkylation sites (tertiary alicyclic amines) is 1. The fourth-order valence-corrected chi connectivity index (χ4v) is 2.81. The van der Waals surface area contributed by atoms with Crippen LogP contribution in [0.4, 0.5) is 5.69 Å². The van der Waals surface area contributed by atoms with Crippen LogP contribution >= 0.6 is 27.5 Å². The molecule has 18 heavy (non-hydrogen) atoms. The molecule has 1 aromatic carbocycles. The summed E-state index contributed by atoms with van der Waals surface area (Å²) in [5, 5.41) is 4.34. The molecule has 0 aliphatic carbocycles. The lowest BCUT2D eigenvalue weighted by atomic mass is 10.0. The number of rotatable bonds is 3. The van der Waals surface area contributed by atoms with Gasteiger partial charge >= 0.3 is 0 Å². The van der Waals surface area contributed by atoms with Crippen LogP contribution in [0.3, 0.4) is 0 Å². The summed E-state index contributed by atoms with van der Waals surface area (Å²) in [7, 11) is 0. The van der Waals surface area contributed by atoms with Crippen molar-refractivity contribution < 1.29 is 0 Å². The molecule has 2 nitrogen and oxygen atoms in total. The van der Waals surface area contributed by atoms with Gasteiger partial charge in [0.15, 0.2) is 0 Å². The van der Waals surface area contributed by atoms with Crippen LogP contribution in [0.25, 0.3) is 0 Å². The zero-order valence-electron chi connectivity index (χ0n) is 10.9. The first kappa shape index (κ1) is 14.2. The topological polar surface area (TPSA) is 15.3 Å². The average Bonchev–Trinajstić information content (AvgIpc) is 2.34. The van der Waals surface area contributed by atoms with Gasteiger partial charge in [-0.15, -0.1) is 0 Å². The molecule has 0 atom stereocenters. The minimum atomic E-state index is 0.567. The molecule has 0 unspecified atom stereocenters. The predicted molar refractivity (Wildman–Crippen MR) is 82.5 cm³/mol.